The number of tetrazole rings is 1. The van der Waals surface area contributed by atoms with Gasteiger partial charge in [0.15, 0.2) is 0 Å². The molecule has 0 spiro atoms. The molecular formula is C16H16FN7O. The van der Waals surface area contributed by atoms with Gasteiger partial charge in [-0.3, -0.25) is 9.78 Å². The van der Waals surface area contributed by atoms with Gasteiger partial charge in [0.05, 0.1) is 17.9 Å². The lowest BCUT2D eigenvalue weighted by atomic mass is 10.1. The highest BCUT2D eigenvalue weighted by Crippen LogP contribution is 2.18. The van der Waals surface area contributed by atoms with E-state index < -0.39 is 5.82 Å². The van der Waals surface area contributed by atoms with Crippen molar-refractivity contribution in [2.75, 3.05) is 11.9 Å². The standard InChI is InChI=1S/C16H16FN7O/c1-11(12-4-6-18-7-5-12)19-9-16(25)21-15-8-13(2-3-14(15)17)24-10-20-22-23-24/h2-8,10-11,19H,9H2,1H3,(H,21,25)/t11-/m0/s1. The number of pyridine rings is 1. The quantitative estimate of drug-likeness (QED) is 0.705. The number of aromatic nitrogens is 5. The van der Waals surface area contributed by atoms with Crippen LogP contribution < -0.4 is 10.6 Å². The lowest BCUT2D eigenvalue weighted by Gasteiger charge is -2.14. The monoisotopic (exact) mass is 341 g/mol. The molecule has 9 heteroatoms. The summed E-state index contributed by atoms with van der Waals surface area (Å²) in [6.07, 6.45) is 4.76. The molecule has 0 saturated carbocycles. The van der Waals surface area contributed by atoms with E-state index in [1.807, 2.05) is 19.1 Å². The Morgan fingerprint density at radius 3 is 2.80 bits per heavy atom. The SMILES string of the molecule is C[C@H](NCC(=O)Nc1cc(-n2cnnn2)ccc1F)c1ccncc1. The molecule has 25 heavy (non-hydrogen) atoms. The second-order valence-corrected chi connectivity index (χ2v) is 5.35. The molecule has 1 aromatic carbocycles. The lowest BCUT2D eigenvalue weighted by molar-refractivity contribution is -0.115. The van der Waals surface area contributed by atoms with Crippen LogP contribution in [-0.2, 0) is 4.79 Å². The van der Waals surface area contributed by atoms with E-state index in [1.165, 1.54) is 29.2 Å². The number of benzene rings is 1. The predicted octanol–water partition coefficient (Wildman–Crippen LogP) is 1.49. The molecule has 0 saturated heterocycles. The van der Waals surface area contributed by atoms with Crippen molar-refractivity contribution < 1.29 is 9.18 Å². The molecule has 0 aliphatic heterocycles. The third kappa shape index (κ3) is 4.21. The Bertz CT molecular complexity index is 839. The first-order chi connectivity index (χ1) is 12.1. The van der Waals surface area contributed by atoms with Crippen LogP contribution in [0.4, 0.5) is 10.1 Å². The van der Waals surface area contributed by atoms with Crippen molar-refractivity contribution in [1.82, 2.24) is 30.5 Å². The first-order valence-corrected chi connectivity index (χ1v) is 7.59. The van der Waals surface area contributed by atoms with Crippen LogP contribution >= 0.6 is 0 Å². The summed E-state index contributed by atoms with van der Waals surface area (Å²) in [5.74, 6) is -0.888. The number of carbonyl (C=O) groups is 1. The summed E-state index contributed by atoms with van der Waals surface area (Å²) in [6.45, 7) is 1.97. The number of nitrogens with zero attached hydrogens (tertiary/aromatic N) is 5. The number of anilines is 1. The van der Waals surface area contributed by atoms with E-state index in [-0.39, 0.29) is 24.2 Å². The van der Waals surface area contributed by atoms with Crippen LogP contribution in [0.15, 0.2) is 49.1 Å². The minimum Gasteiger partial charge on any atom is -0.322 e. The van der Waals surface area contributed by atoms with Gasteiger partial charge >= 0.3 is 0 Å². The highest BCUT2D eigenvalue weighted by atomic mass is 19.1. The maximum absolute atomic E-state index is 13.9. The average Bonchev–Trinajstić information content (AvgIpc) is 3.17. The van der Waals surface area contributed by atoms with E-state index >= 15 is 0 Å². The molecule has 1 atom stereocenters. The summed E-state index contributed by atoms with van der Waals surface area (Å²) in [7, 11) is 0. The van der Waals surface area contributed by atoms with Crippen molar-refractivity contribution in [2.24, 2.45) is 0 Å². The maximum atomic E-state index is 13.9. The third-order valence-electron chi connectivity index (χ3n) is 3.61. The van der Waals surface area contributed by atoms with Crippen LogP contribution in [0.3, 0.4) is 0 Å². The zero-order valence-corrected chi connectivity index (χ0v) is 13.4. The fraction of sp³-hybridized carbons (Fsp3) is 0.188. The van der Waals surface area contributed by atoms with E-state index in [0.29, 0.717) is 5.69 Å². The minimum absolute atomic E-state index is 0.0360. The number of hydrogen-bond acceptors (Lipinski definition) is 6. The summed E-state index contributed by atoms with van der Waals surface area (Å²) in [5, 5.41) is 16.4. The topological polar surface area (TPSA) is 97.6 Å². The van der Waals surface area contributed by atoms with Gasteiger partial charge in [-0.25, -0.2) is 9.07 Å². The highest BCUT2D eigenvalue weighted by molar-refractivity contribution is 5.92. The van der Waals surface area contributed by atoms with Gasteiger partial charge in [-0.05, 0) is 53.2 Å². The molecule has 3 rings (SSSR count). The fourth-order valence-corrected chi connectivity index (χ4v) is 2.24. The predicted molar refractivity (Wildman–Crippen MR) is 88.4 cm³/mol. The minimum atomic E-state index is -0.535. The normalized spacial score (nSPS) is 11.9. The molecule has 0 bridgehead atoms. The van der Waals surface area contributed by atoms with Crippen molar-refractivity contribution in [1.29, 1.82) is 0 Å². The van der Waals surface area contributed by atoms with Crippen LogP contribution in [0.1, 0.15) is 18.5 Å². The van der Waals surface area contributed by atoms with Crippen molar-refractivity contribution in [2.45, 2.75) is 13.0 Å². The Balaban J connectivity index is 1.62. The molecule has 2 heterocycles. The van der Waals surface area contributed by atoms with Gasteiger partial charge in [0, 0.05) is 18.4 Å². The van der Waals surface area contributed by atoms with Gasteiger partial charge in [0.2, 0.25) is 5.91 Å². The first-order valence-electron chi connectivity index (χ1n) is 7.59. The van der Waals surface area contributed by atoms with Crippen molar-refractivity contribution >= 4 is 11.6 Å². The lowest BCUT2D eigenvalue weighted by Crippen LogP contribution is -2.30. The van der Waals surface area contributed by atoms with Crippen LogP contribution in [0.5, 0.6) is 0 Å². The first kappa shape index (κ1) is 16.7. The second kappa shape index (κ2) is 7.58. The number of hydrogen-bond donors (Lipinski definition) is 2. The van der Waals surface area contributed by atoms with E-state index in [4.69, 9.17) is 0 Å². The van der Waals surface area contributed by atoms with Crippen LogP contribution in [-0.4, -0.2) is 37.6 Å². The molecule has 0 radical (unpaired) electrons. The summed E-state index contributed by atoms with van der Waals surface area (Å²) in [5.41, 5.74) is 1.62. The maximum Gasteiger partial charge on any atom is 0.238 e. The summed E-state index contributed by atoms with van der Waals surface area (Å²) in [4.78, 5) is 16.1. The Labute approximate surface area is 143 Å². The van der Waals surface area contributed by atoms with E-state index in [1.54, 1.807) is 12.4 Å². The van der Waals surface area contributed by atoms with Crippen LogP contribution in [0.25, 0.3) is 5.69 Å². The van der Waals surface area contributed by atoms with Gasteiger partial charge in [-0.15, -0.1) is 5.10 Å². The molecule has 0 fully saturated rings. The molecule has 0 aliphatic carbocycles. The largest absolute Gasteiger partial charge is 0.322 e. The van der Waals surface area contributed by atoms with Crippen LogP contribution in [0, 0.1) is 5.82 Å². The smallest absolute Gasteiger partial charge is 0.238 e. The summed E-state index contributed by atoms with van der Waals surface area (Å²) >= 11 is 0. The van der Waals surface area contributed by atoms with Crippen molar-refractivity contribution in [3.63, 3.8) is 0 Å². The number of nitrogens with one attached hydrogen (secondary N) is 2. The molecule has 3 aromatic rings. The van der Waals surface area contributed by atoms with Gasteiger partial charge < -0.3 is 10.6 Å². The Morgan fingerprint density at radius 2 is 2.08 bits per heavy atom. The van der Waals surface area contributed by atoms with Crippen molar-refractivity contribution in [3.8, 4) is 5.69 Å². The number of carbonyl (C=O) groups excluding carboxylic acids is 1. The Hall–Kier alpha value is -3.20. The zero-order valence-electron chi connectivity index (χ0n) is 13.4. The van der Waals surface area contributed by atoms with Crippen LogP contribution in [0.2, 0.25) is 0 Å². The molecule has 8 nitrogen and oxygen atoms in total. The molecule has 1 amide bonds. The summed E-state index contributed by atoms with van der Waals surface area (Å²) in [6, 6.07) is 7.93. The van der Waals surface area contributed by atoms with E-state index in [9.17, 15) is 9.18 Å². The molecule has 0 aliphatic rings. The fourth-order valence-electron chi connectivity index (χ4n) is 2.24. The molecular weight excluding hydrogens is 325 g/mol. The highest BCUT2D eigenvalue weighted by Gasteiger charge is 2.11. The molecule has 2 aromatic heterocycles. The number of amides is 1. The molecule has 128 valence electrons. The van der Waals surface area contributed by atoms with Gasteiger partial charge in [-0.2, -0.15) is 0 Å². The summed E-state index contributed by atoms with van der Waals surface area (Å²) < 4.78 is 15.3. The third-order valence-corrected chi connectivity index (χ3v) is 3.61. The second-order valence-electron chi connectivity index (χ2n) is 5.35. The Kier molecular flexibility index (Phi) is 5.05. The molecule has 0 unspecified atom stereocenters. The number of rotatable bonds is 6. The van der Waals surface area contributed by atoms with E-state index in [2.05, 4.69) is 31.1 Å². The van der Waals surface area contributed by atoms with Crippen molar-refractivity contribution in [3.05, 3.63) is 60.4 Å². The molecule has 2 N–H and O–H groups in total. The van der Waals surface area contributed by atoms with Gasteiger partial charge in [-0.1, -0.05) is 0 Å². The van der Waals surface area contributed by atoms with Gasteiger partial charge in [0.25, 0.3) is 0 Å². The van der Waals surface area contributed by atoms with E-state index in [0.717, 1.165) is 5.56 Å². The van der Waals surface area contributed by atoms with Gasteiger partial charge in [0.1, 0.15) is 12.1 Å². The zero-order chi connectivity index (χ0) is 17.6. The average molecular weight is 341 g/mol. The Morgan fingerprint density at radius 1 is 1.28 bits per heavy atom. The number of halogens is 1.